The summed E-state index contributed by atoms with van der Waals surface area (Å²) in [4.78, 5) is 11.6. The third-order valence-corrected chi connectivity index (χ3v) is 2.54. The molecule has 0 heterocycles. The molecule has 0 spiro atoms. The SMILES string of the molecule is COCCCCC(=O)Nc1cc(N)ccc1C. The van der Waals surface area contributed by atoms with E-state index in [0.717, 1.165) is 24.1 Å². The molecule has 0 unspecified atom stereocenters. The Morgan fingerprint density at radius 1 is 1.41 bits per heavy atom. The zero-order valence-corrected chi connectivity index (χ0v) is 10.5. The number of nitrogens with one attached hydrogen (secondary N) is 1. The van der Waals surface area contributed by atoms with E-state index < -0.39 is 0 Å². The van der Waals surface area contributed by atoms with Gasteiger partial charge in [-0.15, -0.1) is 0 Å². The van der Waals surface area contributed by atoms with Gasteiger partial charge in [0, 0.05) is 31.5 Å². The predicted octanol–water partition coefficient (Wildman–Crippen LogP) is 2.33. The van der Waals surface area contributed by atoms with Crippen molar-refractivity contribution < 1.29 is 9.53 Å². The highest BCUT2D eigenvalue weighted by atomic mass is 16.5. The highest BCUT2D eigenvalue weighted by molar-refractivity contribution is 5.91. The van der Waals surface area contributed by atoms with Crippen LogP contribution >= 0.6 is 0 Å². The minimum Gasteiger partial charge on any atom is -0.399 e. The molecule has 17 heavy (non-hydrogen) atoms. The molecule has 3 N–H and O–H groups in total. The molecular formula is C13H20N2O2. The van der Waals surface area contributed by atoms with Crippen molar-refractivity contribution in [2.45, 2.75) is 26.2 Å². The zero-order chi connectivity index (χ0) is 12.7. The molecule has 0 aliphatic rings. The average Bonchev–Trinajstić information content (AvgIpc) is 2.29. The Morgan fingerprint density at radius 3 is 2.88 bits per heavy atom. The van der Waals surface area contributed by atoms with Gasteiger partial charge in [0.25, 0.3) is 0 Å². The molecule has 0 aliphatic heterocycles. The summed E-state index contributed by atoms with van der Waals surface area (Å²) >= 11 is 0. The van der Waals surface area contributed by atoms with Crippen molar-refractivity contribution in [3.05, 3.63) is 23.8 Å². The first-order valence-electron chi connectivity index (χ1n) is 5.78. The van der Waals surface area contributed by atoms with Crippen molar-refractivity contribution in [1.82, 2.24) is 0 Å². The number of nitrogen functional groups attached to an aromatic ring is 1. The molecule has 0 saturated carbocycles. The Labute approximate surface area is 102 Å². The molecular weight excluding hydrogens is 216 g/mol. The Kier molecular flexibility index (Phi) is 5.49. The van der Waals surface area contributed by atoms with Crippen molar-refractivity contribution in [3.8, 4) is 0 Å². The maximum absolute atomic E-state index is 11.6. The normalized spacial score (nSPS) is 10.2. The molecule has 94 valence electrons. The van der Waals surface area contributed by atoms with Gasteiger partial charge in [-0.05, 0) is 37.5 Å². The zero-order valence-electron chi connectivity index (χ0n) is 10.5. The Hall–Kier alpha value is -1.55. The predicted molar refractivity (Wildman–Crippen MR) is 69.9 cm³/mol. The van der Waals surface area contributed by atoms with Crippen LogP contribution < -0.4 is 11.1 Å². The maximum atomic E-state index is 11.6. The molecule has 0 atom stereocenters. The molecule has 0 aromatic heterocycles. The van der Waals surface area contributed by atoms with Gasteiger partial charge >= 0.3 is 0 Å². The average molecular weight is 236 g/mol. The first-order chi connectivity index (χ1) is 8.13. The van der Waals surface area contributed by atoms with Crippen LogP contribution in [0.5, 0.6) is 0 Å². The van der Waals surface area contributed by atoms with Crippen molar-refractivity contribution in [3.63, 3.8) is 0 Å². The number of amides is 1. The standard InChI is InChI=1S/C13H20N2O2/c1-10-6-7-11(14)9-12(10)15-13(16)5-3-4-8-17-2/h6-7,9H,3-5,8,14H2,1-2H3,(H,15,16). The number of hydrogen-bond donors (Lipinski definition) is 2. The maximum Gasteiger partial charge on any atom is 0.224 e. The lowest BCUT2D eigenvalue weighted by Crippen LogP contribution is -2.12. The first kappa shape index (κ1) is 13.5. The number of nitrogens with two attached hydrogens (primary N) is 1. The molecule has 0 saturated heterocycles. The Balaban J connectivity index is 2.42. The highest BCUT2D eigenvalue weighted by Crippen LogP contribution is 2.18. The van der Waals surface area contributed by atoms with E-state index >= 15 is 0 Å². The summed E-state index contributed by atoms with van der Waals surface area (Å²) in [6.45, 7) is 2.64. The number of aryl methyl sites for hydroxylation is 1. The van der Waals surface area contributed by atoms with E-state index in [1.165, 1.54) is 0 Å². The molecule has 0 radical (unpaired) electrons. The molecule has 4 heteroatoms. The van der Waals surface area contributed by atoms with Gasteiger partial charge in [-0.25, -0.2) is 0 Å². The number of carbonyl (C=O) groups is 1. The minimum absolute atomic E-state index is 0.0230. The number of carbonyl (C=O) groups excluding carboxylic acids is 1. The number of anilines is 2. The van der Waals surface area contributed by atoms with Gasteiger partial charge in [-0.2, -0.15) is 0 Å². The summed E-state index contributed by atoms with van der Waals surface area (Å²) in [5.41, 5.74) is 8.14. The van der Waals surface area contributed by atoms with E-state index in [0.29, 0.717) is 18.7 Å². The fourth-order valence-electron chi connectivity index (χ4n) is 1.52. The van der Waals surface area contributed by atoms with Crippen molar-refractivity contribution in [2.75, 3.05) is 24.8 Å². The van der Waals surface area contributed by atoms with Crippen molar-refractivity contribution >= 4 is 17.3 Å². The molecule has 4 nitrogen and oxygen atoms in total. The monoisotopic (exact) mass is 236 g/mol. The molecule has 1 amide bonds. The fourth-order valence-corrected chi connectivity index (χ4v) is 1.52. The van der Waals surface area contributed by atoms with Crippen LogP contribution in [0, 0.1) is 6.92 Å². The second kappa shape index (κ2) is 6.91. The molecule has 0 fully saturated rings. The quantitative estimate of drug-likeness (QED) is 0.588. The molecule has 0 bridgehead atoms. The van der Waals surface area contributed by atoms with Crippen LogP contribution in [0.3, 0.4) is 0 Å². The smallest absolute Gasteiger partial charge is 0.224 e. The van der Waals surface area contributed by atoms with E-state index in [9.17, 15) is 4.79 Å². The van der Waals surface area contributed by atoms with E-state index in [1.807, 2.05) is 19.1 Å². The number of benzene rings is 1. The van der Waals surface area contributed by atoms with Gasteiger partial charge in [-0.3, -0.25) is 4.79 Å². The first-order valence-corrected chi connectivity index (χ1v) is 5.78. The van der Waals surface area contributed by atoms with Gasteiger partial charge in [0.1, 0.15) is 0 Å². The summed E-state index contributed by atoms with van der Waals surface area (Å²) in [5.74, 6) is 0.0230. The topological polar surface area (TPSA) is 64.3 Å². The fraction of sp³-hybridized carbons (Fsp3) is 0.462. The van der Waals surface area contributed by atoms with Crippen LogP contribution in [0.25, 0.3) is 0 Å². The van der Waals surface area contributed by atoms with E-state index in [4.69, 9.17) is 10.5 Å². The Morgan fingerprint density at radius 2 is 2.18 bits per heavy atom. The number of rotatable bonds is 6. The van der Waals surface area contributed by atoms with Gasteiger partial charge < -0.3 is 15.8 Å². The van der Waals surface area contributed by atoms with Gasteiger partial charge in [0.05, 0.1) is 0 Å². The molecule has 1 aromatic rings. The van der Waals surface area contributed by atoms with Crippen LogP contribution in [0.1, 0.15) is 24.8 Å². The summed E-state index contributed by atoms with van der Waals surface area (Å²) in [6, 6.07) is 5.50. The van der Waals surface area contributed by atoms with Crippen molar-refractivity contribution in [2.24, 2.45) is 0 Å². The minimum atomic E-state index is 0.0230. The van der Waals surface area contributed by atoms with Crippen LogP contribution in [0.4, 0.5) is 11.4 Å². The van der Waals surface area contributed by atoms with E-state index in [2.05, 4.69) is 5.32 Å². The molecule has 1 rings (SSSR count). The lowest BCUT2D eigenvalue weighted by atomic mass is 10.1. The number of unbranched alkanes of at least 4 members (excludes halogenated alkanes) is 1. The summed E-state index contributed by atoms with van der Waals surface area (Å²) in [6.07, 6.45) is 2.25. The van der Waals surface area contributed by atoms with E-state index in [1.54, 1.807) is 13.2 Å². The summed E-state index contributed by atoms with van der Waals surface area (Å²) in [5, 5.41) is 2.87. The van der Waals surface area contributed by atoms with Gasteiger partial charge in [0.2, 0.25) is 5.91 Å². The second-order valence-corrected chi connectivity index (χ2v) is 4.07. The third kappa shape index (κ3) is 4.87. The summed E-state index contributed by atoms with van der Waals surface area (Å²) < 4.78 is 4.93. The van der Waals surface area contributed by atoms with E-state index in [-0.39, 0.29) is 5.91 Å². The lowest BCUT2D eigenvalue weighted by molar-refractivity contribution is -0.116. The van der Waals surface area contributed by atoms with Crippen LogP contribution in [-0.4, -0.2) is 19.6 Å². The number of ether oxygens (including phenoxy) is 1. The van der Waals surface area contributed by atoms with Gasteiger partial charge in [-0.1, -0.05) is 6.07 Å². The second-order valence-electron chi connectivity index (χ2n) is 4.07. The Bertz CT molecular complexity index is 378. The van der Waals surface area contributed by atoms with Gasteiger partial charge in [0.15, 0.2) is 0 Å². The molecule has 0 aliphatic carbocycles. The highest BCUT2D eigenvalue weighted by Gasteiger charge is 2.04. The van der Waals surface area contributed by atoms with Crippen LogP contribution in [0.15, 0.2) is 18.2 Å². The largest absolute Gasteiger partial charge is 0.399 e. The third-order valence-electron chi connectivity index (χ3n) is 2.54. The van der Waals surface area contributed by atoms with Crippen molar-refractivity contribution in [1.29, 1.82) is 0 Å². The van der Waals surface area contributed by atoms with Crippen LogP contribution in [-0.2, 0) is 9.53 Å². The molecule has 1 aromatic carbocycles. The van der Waals surface area contributed by atoms with Crippen LogP contribution in [0.2, 0.25) is 0 Å². The number of methoxy groups -OCH3 is 1. The number of hydrogen-bond acceptors (Lipinski definition) is 3. The summed E-state index contributed by atoms with van der Waals surface area (Å²) in [7, 11) is 1.66. The lowest BCUT2D eigenvalue weighted by Gasteiger charge is -2.09.